The van der Waals surface area contributed by atoms with E-state index in [2.05, 4.69) is 5.32 Å². The fourth-order valence-corrected chi connectivity index (χ4v) is 2.19. The highest BCUT2D eigenvalue weighted by Crippen LogP contribution is 2.17. The van der Waals surface area contributed by atoms with Crippen molar-refractivity contribution in [2.75, 3.05) is 18.4 Å². The lowest BCUT2D eigenvalue weighted by atomic mass is 10.1. The maximum Gasteiger partial charge on any atom is 0.321 e. The van der Waals surface area contributed by atoms with Gasteiger partial charge in [0.1, 0.15) is 10.8 Å². The second-order valence-corrected chi connectivity index (χ2v) is 4.98. The van der Waals surface area contributed by atoms with Crippen molar-refractivity contribution in [1.29, 1.82) is 0 Å². The smallest absolute Gasteiger partial charge is 0.321 e. The van der Waals surface area contributed by atoms with Crippen molar-refractivity contribution < 1.29 is 9.18 Å². The molecule has 4 nitrogen and oxygen atoms in total. The monoisotopic (exact) mass is 281 g/mol. The van der Waals surface area contributed by atoms with Gasteiger partial charge in [0, 0.05) is 18.7 Å². The van der Waals surface area contributed by atoms with E-state index in [1.54, 1.807) is 11.0 Å². The highest BCUT2D eigenvalue weighted by Gasteiger charge is 2.17. The van der Waals surface area contributed by atoms with Crippen molar-refractivity contribution in [2.45, 2.75) is 19.3 Å². The maximum atomic E-state index is 13.8. The molecule has 1 aromatic rings. The van der Waals surface area contributed by atoms with E-state index in [1.165, 1.54) is 12.1 Å². The zero-order valence-electron chi connectivity index (χ0n) is 10.5. The Balaban J connectivity index is 2.06. The number of likely N-dealkylation sites (tertiary alicyclic amines) is 1. The molecular weight excluding hydrogens is 265 g/mol. The minimum atomic E-state index is -0.532. The van der Waals surface area contributed by atoms with Crippen LogP contribution in [0.3, 0.4) is 0 Å². The molecule has 102 valence electrons. The van der Waals surface area contributed by atoms with E-state index < -0.39 is 5.82 Å². The van der Waals surface area contributed by atoms with E-state index in [1.807, 2.05) is 0 Å². The molecule has 1 aliphatic rings. The van der Waals surface area contributed by atoms with Crippen LogP contribution < -0.4 is 11.1 Å². The lowest BCUT2D eigenvalue weighted by Gasteiger charge is -2.26. The van der Waals surface area contributed by atoms with Gasteiger partial charge in [-0.05, 0) is 37.5 Å². The number of nitrogens with zero attached hydrogens (tertiary/aromatic N) is 1. The Morgan fingerprint density at radius 3 is 2.58 bits per heavy atom. The molecule has 0 bridgehead atoms. The number of urea groups is 1. The third kappa shape index (κ3) is 3.41. The summed E-state index contributed by atoms with van der Waals surface area (Å²) in [7, 11) is 0. The molecule has 1 heterocycles. The largest absolute Gasteiger partial charge is 0.389 e. The highest BCUT2D eigenvalue weighted by molar-refractivity contribution is 7.80. The summed E-state index contributed by atoms with van der Waals surface area (Å²) in [6.45, 7) is 1.44. The summed E-state index contributed by atoms with van der Waals surface area (Å²) in [5.41, 5.74) is 6.02. The maximum absolute atomic E-state index is 13.8. The predicted molar refractivity (Wildman–Crippen MR) is 76.7 cm³/mol. The number of hydrogen-bond donors (Lipinski definition) is 2. The first-order valence-electron chi connectivity index (χ1n) is 6.23. The highest BCUT2D eigenvalue weighted by atomic mass is 32.1. The minimum Gasteiger partial charge on any atom is -0.389 e. The van der Waals surface area contributed by atoms with Crippen LogP contribution in [0.2, 0.25) is 0 Å². The van der Waals surface area contributed by atoms with Gasteiger partial charge in [0.15, 0.2) is 0 Å². The molecule has 2 amide bonds. The number of amides is 2. The van der Waals surface area contributed by atoms with Gasteiger partial charge in [0.25, 0.3) is 0 Å². The van der Waals surface area contributed by atoms with Crippen LogP contribution in [-0.2, 0) is 0 Å². The molecule has 6 heteroatoms. The van der Waals surface area contributed by atoms with Crippen molar-refractivity contribution in [3.63, 3.8) is 0 Å². The number of halogens is 1. The third-order valence-electron chi connectivity index (χ3n) is 3.14. The fraction of sp³-hybridized carbons (Fsp3) is 0.385. The van der Waals surface area contributed by atoms with Crippen LogP contribution in [0.5, 0.6) is 0 Å². The zero-order chi connectivity index (χ0) is 13.8. The van der Waals surface area contributed by atoms with Gasteiger partial charge in [-0.2, -0.15) is 0 Å². The number of anilines is 1. The van der Waals surface area contributed by atoms with Crippen LogP contribution in [0.1, 0.15) is 24.8 Å². The SMILES string of the molecule is NC(=S)c1ccc(NC(=O)N2CCCCC2)c(F)c1. The van der Waals surface area contributed by atoms with Crippen molar-refractivity contribution in [3.05, 3.63) is 29.6 Å². The summed E-state index contributed by atoms with van der Waals surface area (Å²) in [6, 6.07) is 4.04. The number of carbonyl (C=O) groups excluding carboxylic acids is 1. The summed E-state index contributed by atoms with van der Waals surface area (Å²) in [4.78, 5) is 13.8. The lowest BCUT2D eigenvalue weighted by molar-refractivity contribution is 0.200. The topological polar surface area (TPSA) is 58.4 Å². The van der Waals surface area contributed by atoms with E-state index in [0.717, 1.165) is 32.4 Å². The van der Waals surface area contributed by atoms with Gasteiger partial charge < -0.3 is 16.0 Å². The van der Waals surface area contributed by atoms with Crippen molar-refractivity contribution in [2.24, 2.45) is 5.73 Å². The van der Waals surface area contributed by atoms with E-state index in [9.17, 15) is 9.18 Å². The summed E-state index contributed by atoms with van der Waals surface area (Å²) >= 11 is 4.77. The minimum absolute atomic E-state index is 0.132. The fourth-order valence-electron chi connectivity index (χ4n) is 2.06. The van der Waals surface area contributed by atoms with Crippen LogP contribution in [0, 0.1) is 5.82 Å². The molecule has 19 heavy (non-hydrogen) atoms. The molecule has 0 unspecified atom stereocenters. The summed E-state index contributed by atoms with van der Waals surface area (Å²) < 4.78 is 13.8. The van der Waals surface area contributed by atoms with E-state index in [-0.39, 0.29) is 16.7 Å². The molecule has 0 aromatic heterocycles. The molecule has 2 rings (SSSR count). The second-order valence-electron chi connectivity index (χ2n) is 4.54. The van der Waals surface area contributed by atoms with E-state index >= 15 is 0 Å². The number of nitrogens with two attached hydrogens (primary N) is 1. The third-order valence-corrected chi connectivity index (χ3v) is 3.37. The standard InChI is InChI=1S/C13H16FN3OS/c14-10-8-9(12(15)19)4-5-11(10)16-13(18)17-6-2-1-3-7-17/h4-5,8H,1-3,6-7H2,(H2,15,19)(H,16,18). The Bertz CT molecular complexity index is 501. The lowest BCUT2D eigenvalue weighted by Crippen LogP contribution is -2.38. The summed E-state index contributed by atoms with van der Waals surface area (Å²) in [5.74, 6) is -0.532. The number of nitrogens with one attached hydrogen (secondary N) is 1. The van der Waals surface area contributed by atoms with Gasteiger partial charge >= 0.3 is 6.03 Å². The van der Waals surface area contributed by atoms with Crippen LogP contribution in [0.15, 0.2) is 18.2 Å². The molecule has 0 spiro atoms. The molecule has 3 N–H and O–H groups in total. The van der Waals surface area contributed by atoms with E-state index in [4.69, 9.17) is 18.0 Å². The normalized spacial score (nSPS) is 15.1. The number of piperidine rings is 1. The van der Waals surface area contributed by atoms with Crippen molar-refractivity contribution in [3.8, 4) is 0 Å². The van der Waals surface area contributed by atoms with Crippen LogP contribution in [0.25, 0.3) is 0 Å². The molecule has 1 fully saturated rings. The number of carbonyl (C=O) groups is 1. The average Bonchev–Trinajstić information content (AvgIpc) is 2.41. The number of rotatable bonds is 2. The molecule has 1 saturated heterocycles. The molecule has 0 radical (unpaired) electrons. The van der Waals surface area contributed by atoms with Gasteiger partial charge in [0.05, 0.1) is 5.69 Å². The van der Waals surface area contributed by atoms with Gasteiger partial charge in [-0.1, -0.05) is 12.2 Å². The van der Waals surface area contributed by atoms with Crippen LogP contribution >= 0.6 is 12.2 Å². The predicted octanol–water partition coefficient (Wildman–Crippen LogP) is 2.48. The first-order valence-corrected chi connectivity index (χ1v) is 6.64. The Hall–Kier alpha value is -1.69. The van der Waals surface area contributed by atoms with Gasteiger partial charge in [0.2, 0.25) is 0 Å². The Labute approximate surface area is 116 Å². The van der Waals surface area contributed by atoms with Crippen LogP contribution in [-0.4, -0.2) is 29.0 Å². The molecule has 0 atom stereocenters. The van der Waals surface area contributed by atoms with Gasteiger partial charge in [-0.25, -0.2) is 9.18 Å². The van der Waals surface area contributed by atoms with Gasteiger partial charge in [-0.3, -0.25) is 0 Å². The summed E-state index contributed by atoms with van der Waals surface area (Å²) in [5, 5.41) is 2.57. The first kappa shape index (κ1) is 13.7. The second kappa shape index (κ2) is 5.97. The molecule has 1 aromatic carbocycles. The van der Waals surface area contributed by atoms with E-state index in [0.29, 0.717) is 5.56 Å². The molecule has 0 aliphatic carbocycles. The molecule has 1 aliphatic heterocycles. The molecular formula is C13H16FN3OS. The zero-order valence-corrected chi connectivity index (χ0v) is 11.3. The number of benzene rings is 1. The van der Waals surface area contributed by atoms with Crippen molar-refractivity contribution in [1.82, 2.24) is 4.90 Å². The Morgan fingerprint density at radius 2 is 2.00 bits per heavy atom. The Kier molecular flexibility index (Phi) is 4.31. The van der Waals surface area contributed by atoms with Crippen molar-refractivity contribution >= 4 is 28.9 Å². The average molecular weight is 281 g/mol. The number of hydrogen-bond acceptors (Lipinski definition) is 2. The number of thiocarbonyl (C=S) groups is 1. The quantitative estimate of drug-likeness (QED) is 0.819. The Morgan fingerprint density at radius 1 is 1.32 bits per heavy atom. The first-order chi connectivity index (χ1) is 9.08. The van der Waals surface area contributed by atoms with Gasteiger partial charge in [-0.15, -0.1) is 0 Å². The molecule has 0 saturated carbocycles. The summed E-state index contributed by atoms with van der Waals surface area (Å²) in [6.07, 6.45) is 3.13. The van der Waals surface area contributed by atoms with Crippen LogP contribution in [0.4, 0.5) is 14.9 Å².